The quantitative estimate of drug-likeness (QED) is 0.715. The van der Waals surface area contributed by atoms with Crippen molar-refractivity contribution in [3.05, 3.63) is 29.8 Å². The molecule has 3 rings (SSSR count). The number of hydrogen-bond acceptors (Lipinski definition) is 1. The molecule has 0 N–H and O–H groups in total. The topological polar surface area (TPSA) is 9.23 Å². The van der Waals surface area contributed by atoms with Gasteiger partial charge in [-0.25, -0.2) is 0 Å². The second-order valence-corrected chi connectivity index (χ2v) is 7.04. The highest BCUT2D eigenvalue weighted by molar-refractivity contribution is 5.28. The maximum Gasteiger partial charge on any atom is 0.119 e. The summed E-state index contributed by atoms with van der Waals surface area (Å²) in [4.78, 5) is 0. The lowest BCUT2D eigenvalue weighted by Crippen LogP contribution is -2.55. The summed E-state index contributed by atoms with van der Waals surface area (Å²) in [6.07, 6.45) is 11.2. The largest absolute Gasteiger partial charge is 0.490 e. The standard InChI is InChI=1S/C19H28O/c1-3-7-16-8-10-17(11-9-16)20-18-15(2)14-19(18)12-5-4-6-13-19/h8-11,15,18H,3-7,12-14H2,1-2H3/t15-,18+/m1/s1. The van der Waals surface area contributed by atoms with Crippen LogP contribution in [-0.2, 0) is 6.42 Å². The van der Waals surface area contributed by atoms with Crippen molar-refractivity contribution >= 4 is 0 Å². The molecule has 0 heterocycles. The van der Waals surface area contributed by atoms with Gasteiger partial charge in [0.05, 0.1) is 0 Å². The Bertz CT molecular complexity index is 422. The van der Waals surface area contributed by atoms with Crippen molar-refractivity contribution in [2.24, 2.45) is 11.3 Å². The summed E-state index contributed by atoms with van der Waals surface area (Å²) >= 11 is 0. The fourth-order valence-corrected chi connectivity index (χ4v) is 4.46. The summed E-state index contributed by atoms with van der Waals surface area (Å²) in [5.41, 5.74) is 1.94. The van der Waals surface area contributed by atoms with Crippen LogP contribution in [0.5, 0.6) is 5.75 Å². The van der Waals surface area contributed by atoms with E-state index in [1.165, 1.54) is 56.9 Å². The molecule has 2 fully saturated rings. The smallest absolute Gasteiger partial charge is 0.119 e. The van der Waals surface area contributed by atoms with E-state index >= 15 is 0 Å². The molecule has 2 aliphatic rings. The average Bonchev–Trinajstić information content (AvgIpc) is 2.48. The first-order chi connectivity index (χ1) is 9.73. The minimum Gasteiger partial charge on any atom is -0.490 e. The fourth-order valence-electron chi connectivity index (χ4n) is 4.46. The van der Waals surface area contributed by atoms with E-state index in [-0.39, 0.29) is 0 Å². The van der Waals surface area contributed by atoms with Crippen molar-refractivity contribution in [1.29, 1.82) is 0 Å². The van der Waals surface area contributed by atoms with Crippen LogP contribution in [0.4, 0.5) is 0 Å². The second kappa shape index (κ2) is 5.79. The van der Waals surface area contributed by atoms with Crippen LogP contribution in [0.1, 0.15) is 64.4 Å². The molecule has 1 aromatic carbocycles. The van der Waals surface area contributed by atoms with E-state index in [1.807, 2.05) is 0 Å². The Morgan fingerprint density at radius 1 is 1.10 bits per heavy atom. The summed E-state index contributed by atoms with van der Waals surface area (Å²) in [7, 11) is 0. The van der Waals surface area contributed by atoms with Crippen LogP contribution in [0.2, 0.25) is 0 Å². The molecule has 110 valence electrons. The molecule has 1 heteroatoms. The van der Waals surface area contributed by atoms with E-state index < -0.39 is 0 Å². The van der Waals surface area contributed by atoms with Crippen molar-refractivity contribution in [3.8, 4) is 5.75 Å². The van der Waals surface area contributed by atoms with E-state index in [9.17, 15) is 0 Å². The predicted octanol–water partition coefficient (Wildman–Crippen LogP) is 5.38. The molecule has 2 aliphatic carbocycles. The Kier molecular flexibility index (Phi) is 4.05. The van der Waals surface area contributed by atoms with Gasteiger partial charge in [0.1, 0.15) is 11.9 Å². The van der Waals surface area contributed by atoms with E-state index in [1.54, 1.807) is 0 Å². The number of aryl methyl sites for hydroxylation is 1. The highest BCUT2D eigenvalue weighted by Crippen LogP contribution is 2.56. The molecule has 1 spiro atoms. The minimum atomic E-state index is 0.458. The van der Waals surface area contributed by atoms with E-state index in [0.717, 1.165) is 11.7 Å². The third-order valence-corrected chi connectivity index (χ3v) is 5.42. The van der Waals surface area contributed by atoms with Crippen LogP contribution in [0.15, 0.2) is 24.3 Å². The molecule has 0 aromatic heterocycles. The zero-order valence-corrected chi connectivity index (χ0v) is 13.0. The van der Waals surface area contributed by atoms with Gasteiger partial charge in [0.2, 0.25) is 0 Å². The number of rotatable bonds is 4. The van der Waals surface area contributed by atoms with Crippen LogP contribution in [0, 0.1) is 11.3 Å². The van der Waals surface area contributed by atoms with Gasteiger partial charge in [-0.15, -0.1) is 0 Å². The van der Waals surface area contributed by atoms with Gasteiger partial charge in [0.25, 0.3) is 0 Å². The van der Waals surface area contributed by atoms with E-state index in [4.69, 9.17) is 4.74 Å². The zero-order valence-electron chi connectivity index (χ0n) is 13.0. The Morgan fingerprint density at radius 2 is 1.80 bits per heavy atom. The highest BCUT2D eigenvalue weighted by Gasteiger charge is 2.53. The summed E-state index contributed by atoms with van der Waals surface area (Å²) in [5.74, 6) is 1.80. The molecule has 0 radical (unpaired) electrons. The molecule has 0 unspecified atom stereocenters. The third kappa shape index (κ3) is 2.60. The molecule has 2 saturated carbocycles. The Labute approximate surface area is 123 Å². The fraction of sp³-hybridized carbons (Fsp3) is 0.684. The molecule has 0 amide bonds. The van der Waals surface area contributed by atoms with Gasteiger partial charge in [0, 0.05) is 5.41 Å². The Hall–Kier alpha value is -0.980. The van der Waals surface area contributed by atoms with Gasteiger partial charge in [-0.3, -0.25) is 0 Å². The molecule has 1 aromatic rings. The van der Waals surface area contributed by atoms with Crippen LogP contribution < -0.4 is 4.74 Å². The van der Waals surface area contributed by atoms with Gasteiger partial charge < -0.3 is 4.74 Å². The lowest BCUT2D eigenvalue weighted by Gasteiger charge is -2.55. The average molecular weight is 272 g/mol. The first-order valence-corrected chi connectivity index (χ1v) is 8.49. The van der Waals surface area contributed by atoms with Gasteiger partial charge in [0.15, 0.2) is 0 Å². The monoisotopic (exact) mass is 272 g/mol. The van der Waals surface area contributed by atoms with Crippen LogP contribution in [0.25, 0.3) is 0 Å². The van der Waals surface area contributed by atoms with Gasteiger partial charge in [-0.2, -0.15) is 0 Å². The number of hydrogen-bond donors (Lipinski definition) is 0. The van der Waals surface area contributed by atoms with Crippen LogP contribution >= 0.6 is 0 Å². The first kappa shape index (κ1) is 14.0. The molecule has 20 heavy (non-hydrogen) atoms. The summed E-state index contributed by atoms with van der Waals surface area (Å²) in [6, 6.07) is 8.81. The molecule has 2 atom stereocenters. The molecule has 0 saturated heterocycles. The molecular formula is C19H28O. The SMILES string of the molecule is CCCc1ccc(O[C@H]2[C@H](C)CC23CCCCC3)cc1. The predicted molar refractivity (Wildman–Crippen MR) is 84.2 cm³/mol. The van der Waals surface area contributed by atoms with Crippen molar-refractivity contribution in [1.82, 2.24) is 0 Å². The van der Waals surface area contributed by atoms with Gasteiger partial charge in [-0.05, 0) is 49.3 Å². The van der Waals surface area contributed by atoms with Crippen LogP contribution in [0.3, 0.4) is 0 Å². The lowest BCUT2D eigenvalue weighted by atomic mass is 9.54. The van der Waals surface area contributed by atoms with Gasteiger partial charge in [-0.1, -0.05) is 51.7 Å². The first-order valence-electron chi connectivity index (χ1n) is 8.49. The Morgan fingerprint density at radius 3 is 2.40 bits per heavy atom. The van der Waals surface area contributed by atoms with Gasteiger partial charge >= 0.3 is 0 Å². The minimum absolute atomic E-state index is 0.458. The van der Waals surface area contributed by atoms with Crippen molar-refractivity contribution in [3.63, 3.8) is 0 Å². The second-order valence-electron chi connectivity index (χ2n) is 7.04. The summed E-state index contributed by atoms with van der Waals surface area (Å²) < 4.78 is 6.39. The Balaban J connectivity index is 1.66. The normalized spacial score (nSPS) is 28.1. The maximum atomic E-state index is 6.39. The molecule has 0 bridgehead atoms. The van der Waals surface area contributed by atoms with Crippen molar-refractivity contribution in [2.45, 2.75) is 71.3 Å². The van der Waals surface area contributed by atoms with Crippen LogP contribution in [-0.4, -0.2) is 6.10 Å². The maximum absolute atomic E-state index is 6.39. The number of benzene rings is 1. The third-order valence-electron chi connectivity index (χ3n) is 5.42. The highest BCUT2D eigenvalue weighted by atomic mass is 16.5. The van der Waals surface area contributed by atoms with Crippen molar-refractivity contribution < 1.29 is 4.74 Å². The molecular weight excluding hydrogens is 244 g/mol. The lowest BCUT2D eigenvalue weighted by molar-refractivity contribution is -0.116. The summed E-state index contributed by atoms with van der Waals surface area (Å²) in [5, 5.41) is 0. The molecule has 1 nitrogen and oxygen atoms in total. The molecule has 0 aliphatic heterocycles. The number of ether oxygens (including phenoxy) is 1. The summed E-state index contributed by atoms with van der Waals surface area (Å²) in [6.45, 7) is 4.59. The van der Waals surface area contributed by atoms with E-state index in [0.29, 0.717) is 11.5 Å². The zero-order chi connectivity index (χ0) is 14.0. The van der Waals surface area contributed by atoms with E-state index in [2.05, 4.69) is 38.1 Å². The van der Waals surface area contributed by atoms with Crippen molar-refractivity contribution in [2.75, 3.05) is 0 Å².